The molecule has 122 valence electrons. The highest BCUT2D eigenvalue weighted by atomic mass is 35.5. The number of hydrogen-bond donors (Lipinski definition) is 0. The van der Waals surface area contributed by atoms with E-state index in [1.54, 1.807) is 12.1 Å². The number of esters is 1. The van der Waals surface area contributed by atoms with E-state index in [-0.39, 0.29) is 11.9 Å². The number of sulfonamides is 1. The topological polar surface area (TPSA) is 63.7 Å². The lowest BCUT2D eigenvalue weighted by Crippen LogP contribution is -2.40. The summed E-state index contributed by atoms with van der Waals surface area (Å²) in [4.78, 5) is 12.2. The summed E-state index contributed by atoms with van der Waals surface area (Å²) in [5, 5.41) is 0.668. The predicted molar refractivity (Wildman–Crippen MR) is 85.7 cm³/mol. The van der Waals surface area contributed by atoms with Crippen molar-refractivity contribution in [2.75, 3.05) is 19.3 Å². The summed E-state index contributed by atoms with van der Waals surface area (Å²) in [6, 6.07) is 3.47. The van der Waals surface area contributed by atoms with Crippen molar-refractivity contribution in [3.05, 3.63) is 28.3 Å². The Kier molecular flexibility index (Phi) is 5.14. The number of halogens is 1. The van der Waals surface area contributed by atoms with Crippen LogP contribution in [0.1, 0.15) is 24.0 Å². The molecule has 0 atom stereocenters. The highest BCUT2D eigenvalue weighted by Gasteiger charge is 2.30. The molecule has 5 nitrogen and oxygen atoms in total. The number of hydrogen-bond acceptors (Lipinski definition) is 4. The maximum atomic E-state index is 12.2. The van der Waals surface area contributed by atoms with E-state index in [1.165, 1.54) is 10.6 Å². The van der Waals surface area contributed by atoms with Crippen LogP contribution in [0.15, 0.2) is 12.1 Å². The summed E-state index contributed by atoms with van der Waals surface area (Å²) in [5.74, 6) is -0.0986. The number of benzene rings is 1. The van der Waals surface area contributed by atoms with Gasteiger partial charge < -0.3 is 4.74 Å². The van der Waals surface area contributed by atoms with Crippen molar-refractivity contribution in [1.29, 1.82) is 0 Å². The van der Waals surface area contributed by atoms with Crippen LogP contribution >= 0.6 is 11.6 Å². The maximum absolute atomic E-state index is 12.2. The third kappa shape index (κ3) is 4.00. The molecule has 7 heteroatoms. The highest BCUT2D eigenvalue weighted by molar-refractivity contribution is 7.88. The highest BCUT2D eigenvalue weighted by Crippen LogP contribution is 2.27. The molecule has 0 amide bonds. The van der Waals surface area contributed by atoms with E-state index in [9.17, 15) is 13.2 Å². The second kappa shape index (κ2) is 6.56. The number of piperidine rings is 1. The van der Waals surface area contributed by atoms with E-state index in [0.29, 0.717) is 36.7 Å². The van der Waals surface area contributed by atoms with Gasteiger partial charge in [0.25, 0.3) is 0 Å². The van der Waals surface area contributed by atoms with Crippen LogP contribution < -0.4 is 4.74 Å². The SMILES string of the molecule is Cc1cc(OC(=O)C2CCN(S(C)(=O)=O)CC2)cc(C)c1Cl. The fourth-order valence-electron chi connectivity index (χ4n) is 2.59. The third-order valence-electron chi connectivity index (χ3n) is 3.88. The molecule has 1 aliphatic rings. The Balaban J connectivity index is 2.00. The van der Waals surface area contributed by atoms with E-state index in [4.69, 9.17) is 16.3 Å². The van der Waals surface area contributed by atoms with Crippen molar-refractivity contribution in [1.82, 2.24) is 4.31 Å². The van der Waals surface area contributed by atoms with Crippen molar-refractivity contribution in [3.63, 3.8) is 0 Å². The minimum Gasteiger partial charge on any atom is -0.426 e. The van der Waals surface area contributed by atoms with Crippen molar-refractivity contribution in [2.24, 2.45) is 5.92 Å². The molecule has 1 aliphatic heterocycles. The first-order valence-electron chi connectivity index (χ1n) is 7.12. The van der Waals surface area contributed by atoms with Gasteiger partial charge in [-0.2, -0.15) is 0 Å². The minimum absolute atomic E-state index is 0.269. The Bertz CT molecular complexity index is 656. The molecule has 1 heterocycles. The molecule has 1 saturated heterocycles. The van der Waals surface area contributed by atoms with Gasteiger partial charge in [-0.15, -0.1) is 0 Å². The molecule has 1 aromatic rings. The van der Waals surface area contributed by atoms with Gasteiger partial charge in [0, 0.05) is 18.1 Å². The third-order valence-corrected chi connectivity index (χ3v) is 5.78. The lowest BCUT2D eigenvalue weighted by Gasteiger charge is -2.28. The summed E-state index contributed by atoms with van der Waals surface area (Å²) in [7, 11) is -3.18. The summed E-state index contributed by atoms with van der Waals surface area (Å²) in [6.07, 6.45) is 2.15. The van der Waals surface area contributed by atoms with Crippen LogP contribution in [-0.2, 0) is 14.8 Å². The smallest absolute Gasteiger partial charge is 0.314 e. The average molecular weight is 346 g/mol. The van der Waals surface area contributed by atoms with Crippen LogP contribution in [0.3, 0.4) is 0 Å². The molecule has 1 aromatic carbocycles. The Morgan fingerprint density at radius 2 is 1.73 bits per heavy atom. The van der Waals surface area contributed by atoms with E-state index < -0.39 is 10.0 Å². The number of carbonyl (C=O) groups is 1. The lowest BCUT2D eigenvalue weighted by molar-refractivity contribution is -0.140. The molecular weight excluding hydrogens is 326 g/mol. The number of aryl methyl sites for hydroxylation is 2. The zero-order valence-electron chi connectivity index (χ0n) is 12.9. The molecule has 2 rings (SSSR count). The number of carbonyl (C=O) groups excluding carboxylic acids is 1. The zero-order valence-corrected chi connectivity index (χ0v) is 14.5. The Morgan fingerprint density at radius 1 is 1.23 bits per heavy atom. The van der Waals surface area contributed by atoms with E-state index in [2.05, 4.69) is 0 Å². The van der Waals surface area contributed by atoms with E-state index in [0.717, 1.165) is 11.1 Å². The molecule has 0 radical (unpaired) electrons. The largest absolute Gasteiger partial charge is 0.426 e. The van der Waals surface area contributed by atoms with Crippen molar-refractivity contribution in [2.45, 2.75) is 26.7 Å². The summed E-state index contributed by atoms with van der Waals surface area (Å²) < 4.78 is 29.7. The van der Waals surface area contributed by atoms with Gasteiger partial charge in [-0.1, -0.05) is 11.6 Å². The molecule has 0 saturated carbocycles. The maximum Gasteiger partial charge on any atom is 0.314 e. The van der Waals surface area contributed by atoms with Crippen LogP contribution in [0.2, 0.25) is 5.02 Å². The fraction of sp³-hybridized carbons (Fsp3) is 0.533. The fourth-order valence-corrected chi connectivity index (χ4v) is 3.57. The zero-order chi connectivity index (χ0) is 16.5. The lowest BCUT2D eigenvalue weighted by atomic mass is 9.98. The quantitative estimate of drug-likeness (QED) is 0.623. The first-order chi connectivity index (χ1) is 10.2. The second-order valence-electron chi connectivity index (χ2n) is 5.73. The van der Waals surface area contributed by atoms with Crippen molar-refractivity contribution in [3.8, 4) is 5.75 Å². The van der Waals surface area contributed by atoms with Crippen LogP contribution in [-0.4, -0.2) is 38.0 Å². The standard InChI is InChI=1S/C15H20ClNO4S/c1-10-8-13(9-11(2)14(10)16)21-15(18)12-4-6-17(7-5-12)22(3,19)20/h8-9,12H,4-7H2,1-3H3. The monoisotopic (exact) mass is 345 g/mol. The van der Waals surface area contributed by atoms with Crippen LogP contribution in [0, 0.1) is 19.8 Å². The number of ether oxygens (including phenoxy) is 1. The van der Waals surface area contributed by atoms with Crippen LogP contribution in [0.5, 0.6) is 5.75 Å². The molecule has 0 N–H and O–H groups in total. The van der Waals surface area contributed by atoms with Gasteiger partial charge in [-0.05, 0) is 49.9 Å². The number of nitrogens with zero attached hydrogens (tertiary/aromatic N) is 1. The van der Waals surface area contributed by atoms with E-state index in [1.807, 2.05) is 13.8 Å². The summed E-state index contributed by atoms with van der Waals surface area (Å²) in [6.45, 7) is 4.43. The molecule has 22 heavy (non-hydrogen) atoms. The first-order valence-corrected chi connectivity index (χ1v) is 9.34. The summed E-state index contributed by atoms with van der Waals surface area (Å²) >= 11 is 6.09. The molecule has 0 aliphatic carbocycles. The predicted octanol–water partition coefficient (Wildman–Crippen LogP) is 2.53. The van der Waals surface area contributed by atoms with Gasteiger partial charge in [0.2, 0.25) is 10.0 Å². The average Bonchev–Trinajstić information content (AvgIpc) is 2.44. The second-order valence-corrected chi connectivity index (χ2v) is 8.09. The van der Waals surface area contributed by atoms with Gasteiger partial charge in [0.1, 0.15) is 5.75 Å². The van der Waals surface area contributed by atoms with Crippen LogP contribution in [0.4, 0.5) is 0 Å². The van der Waals surface area contributed by atoms with Crippen molar-refractivity contribution < 1.29 is 17.9 Å². The van der Waals surface area contributed by atoms with Gasteiger partial charge in [0.15, 0.2) is 0 Å². The molecule has 1 fully saturated rings. The molecule has 0 unspecified atom stereocenters. The van der Waals surface area contributed by atoms with E-state index >= 15 is 0 Å². The normalized spacial score (nSPS) is 17.5. The summed E-state index contributed by atoms with van der Waals surface area (Å²) in [5.41, 5.74) is 1.72. The number of rotatable bonds is 3. The van der Waals surface area contributed by atoms with Gasteiger partial charge >= 0.3 is 5.97 Å². The Hall–Kier alpha value is -1.11. The van der Waals surface area contributed by atoms with Gasteiger partial charge in [0.05, 0.1) is 12.2 Å². The molecular formula is C15H20ClNO4S. The Labute approximate surface area is 136 Å². The first kappa shape index (κ1) is 17.2. The molecule has 0 bridgehead atoms. The Morgan fingerprint density at radius 3 is 2.18 bits per heavy atom. The van der Waals surface area contributed by atoms with Gasteiger partial charge in [-0.3, -0.25) is 4.79 Å². The molecule has 0 spiro atoms. The molecule has 0 aromatic heterocycles. The van der Waals surface area contributed by atoms with Gasteiger partial charge in [-0.25, -0.2) is 12.7 Å². The van der Waals surface area contributed by atoms with Crippen LogP contribution in [0.25, 0.3) is 0 Å². The van der Waals surface area contributed by atoms with Crippen molar-refractivity contribution >= 4 is 27.6 Å². The minimum atomic E-state index is -3.18.